The first kappa shape index (κ1) is 20.6. The summed E-state index contributed by atoms with van der Waals surface area (Å²) in [5.41, 5.74) is 3.20. The van der Waals surface area contributed by atoms with Gasteiger partial charge in [-0.2, -0.15) is 0 Å². The van der Waals surface area contributed by atoms with Gasteiger partial charge >= 0.3 is 0 Å². The van der Waals surface area contributed by atoms with Gasteiger partial charge in [0.1, 0.15) is 5.75 Å². The van der Waals surface area contributed by atoms with Crippen molar-refractivity contribution >= 4 is 45.6 Å². The molecule has 3 rings (SSSR count). The summed E-state index contributed by atoms with van der Waals surface area (Å²) in [6.45, 7) is 4.34. The van der Waals surface area contributed by atoms with Gasteiger partial charge in [-0.25, -0.2) is 4.98 Å². The lowest BCUT2D eigenvalue weighted by molar-refractivity contribution is -0.116. The van der Waals surface area contributed by atoms with Crippen molar-refractivity contribution in [2.75, 3.05) is 11.9 Å². The number of benzene rings is 2. The number of carbonyl (C=O) groups excluding carboxylic acids is 1. The highest BCUT2D eigenvalue weighted by Crippen LogP contribution is 2.27. The van der Waals surface area contributed by atoms with E-state index in [2.05, 4.69) is 16.4 Å². The molecule has 1 aromatic heterocycles. The van der Waals surface area contributed by atoms with Crippen LogP contribution in [0.3, 0.4) is 0 Å². The van der Waals surface area contributed by atoms with E-state index in [0.717, 1.165) is 27.3 Å². The van der Waals surface area contributed by atoms with Gasteiger partial charge in [0.05, 0.1) is 13.0 Å². The second-order valence-corrected chi connectivity index (χ2v) is 8.47. The highest BCUT2D eigenvalue weighted by atomic mass is 35.5. The van der Waals surface area contributed by atoms with Crippen LogP contribution in [0.1, 0.15) is 28.0 Å². The normalized spacial score (nSPS) is 10.7. The average Bonchev–Trinajstić information content (AvgIpc) is 3.04. The van der Waals surface area contributed by atoms with Gasteiger partial charge < -0.3 is 10.1 Å². The Morgan fingerprint density at radius 3 is 2.64 bits per heavy atom. The zero-order valence-electron chi connectivity index (χ0n) is 15.6. The second-order valence-electron chi connectivity index (χ2n) is 6.51. The lowest BCUT2D eigenvalue weighted by atomic mass is 10.1. The number of rotatable bonds is 7. The minimum Gasteiger partial charge on any atom is -0.493 e. The van der Waals surface area contributed by atoms with E-state index in [4.69, 9.17) is 27.9 Å². The third-order valence-corrected chi connectivity index (χ3v) is 5.48. The monoisotopic (exact) mass is 434 g/mol. The van der Waals surface area contributed by atoms with Gasteiger partial charge in [-0.1, -0.05) is 29.3 Å². The Bertz CT molecular complexity index is 968. The largest absolute Gasteiger partial charge is 0.493 e. The quantitative estimate of drug-likeness (QED) is 0.491. The van der Waals surface area contributed by atoms with Crippen molar-refractivity contribution in [1.29, 1.82) is 0 Å². The third-order valence-electron chi connectivity index (χ3n) is 3.97. The van der Waals surface area contributed by atoms with Gasteiger partial charge in [0, 0.05) is 27.5 Å². The summed E-state index contributed by atoms with van der Waals surface area (Å²) in [6, 6.07) is 11.4. The van der Waals surface area contributed by atoms with E-state index in [1.54, 1.807) is 18.3 Å². The average molecular weight is 435 g/mol. The molecule has 0 aliphatic rings. The van der Waals surface area contributed by atoms with E-state index < -0.39 is 0 Å². The van der Waals surface area contributed by atoms with Crippen LogP contribution < -0.4 is 10.1 Å². The Labute approximate surface area is 178 Å². The van der Waals surface area contributed by atoms with Crippen LogP contribution >= 0.6 is 34.5 Å². The molecule has 0 aliphatic carbocycles. The van der Waals surface area contributed by atoms with Gasteiger partial charge in [0.15, 0.2) is 5.13 Å². The number of ether oxygens (including phenoxy) is 1. The molecule has 1 amide bonds. The molecule has 0 fully saturated rings. The number of aromatic nitrogens is 1. The second kappa shape index (κ2) is 9.41. The van der Waals surface area contributed by atoms with Gasteiger partial charge in [-0.3, -0.25) is 4.79 Å². The van der Waals surface area contributed by atoms with Crippen LogP contribution in [0.25, 0.3) is 0 Å². The van der Waals surface area contributed by atoms with E-state index >= 15 is 0 Å². The lowest BCUT2D eigenvalue weighted by Gasteiger charge is -2.08. The smallest absolute Gasteiger partial charge is 0.229 e. The Balaban J connectivity index is 1.50. The number of anilines is 1. The van der Waals surface area contributed by atoms with Crippen molar-refractivity contribution < 1.29 is 9.53 Å². The van der Waals surface area contributed by atoms with Crippen LogP contribution in [-0.4, -0.2) is 17.5 Å². The molecule has 0 aliphatic heterocycles. The summed E-state index contributed by atoms with van der Waals surface area (Å²) >= 11 is 13.7. The molecular formula is C21H20Cl2N2O2S. The molecule has 2 aromatic carbocycles. The number of hydrogen-bond donors (Lipinski definition) is 1. The molecule has 0 atom stereocenters. The Morgan fingerprint density at radius 1 is 1.14 bits per heavy atom. The van der Waals surface area contributed by atoms with Crippen LogP contribution in [0.4, 0.5) is 5.13 Å². The number of nitrogens with zero attached hydrogens (tertiary/aromatic N) is 1. The summed E-state index contributed by atoms with van der Waals surface area (Å²) in [6.07, 6.45) is 2.61. The molecule has 3 aromatic rings. The van der Waals surface area contributed by atoms with Crippen LogP contribution in [0.5, 0.6) is 5.75 Å². The van der Waals surface area contributed by atoms with E-state index in [1.165, 1.54) is 11.3 Å². The van der Waals surface area contributed by atoms with Gasteiger partial charge in [-0.05, 0) is 60.9 Å². The highest BCUT2D eigenvalue weighted by molar-refractivity contribution is 7.15. The molecule has 28 heavy (non-hydrogen) atoms. The van der Waals surface area contributed by atoms with Crippen LogP contribution in [0, 0.1) is 13.8 Å². The maximum atomic E-state index is 12.1. The van der Waals surface area contributed by atoms with Crippen LogP contribution in [-0.2, 0) is 11.2 Å². The Kier molecular flexibility index (Phi) is 6.94. The third kappa shape index (κ3) is 5.96. The zero-order chi connectivity index (χ0) is 20.1. The topological polar surface area (TPSA) is 51.2 Å². The number of aryl methyl sites for hydroxylation is 2. The number of nitrogens with one attached hydrogen (secondary N) is 1. The van der Waals surface area contributed by atoms with E-state index in [1.807, 2.05) is 32.0 Å². The van der Waals surface area contributed by atoms with Crippen molar-refractivity contribution in [2.24, 2.45) is 0 Å². The van der Waals surface area contributed by atoms with Crippen molar-refractivity contribution in [2.45, 2.75) is 26.7 Å². The highest BCUT2D eigenvalue weighted by Gasteiger charge is 2.10. The summed E-state index contributed by atoms with van der Waals surface area (Å²) in [7, 11) is 0. The molecule has 0 radical (unpaired) electrons. The summed E-state index contributed by atoms with van der Waals surface area (Å²) in [5.74, 6) is 0.645. The standard InChI is InChI=1S/C21H20Cl2N2O2S/c1-13-7-14(2)9-17(8-13)27-6-5-20(26)25-21-24-12-18(28-21)11-15-10-16(22)3-4-19(15)23/h3-4,7-10,12H,5-6,11H2,1-2H3,(H,24,25,26). The van der Waals surface area contributed by atoms with Gasteiger partial charge in [0.2, 0.25) is 5.91 Å². The molecule has 1 heterocycles. The van der Waals surface area contributed by atoms with Gasteiger partial charge in [0.25, 0.3) is 0 Å². The predicted molar refractivity (Wildman–Crippen MR) is 116 cm³/mol. The van der Waals surface area contributed by atoms with E-state index in [-0.39, 0.29) is 12.3 Å². The van der Waals surface area contributed by atoms with E-state index in [9.17, 15) is 4.79 Å². The maximum absolute atomic E-state index is 12.1. The van der Waals surface area contributed by atoms with Crippen molar-refractivity contribution in [3.63, 3.8) is 0 Å². The Morgan fingerprint density at radius 2 is 1.89 bits per heavy atom. The first-order valence-corrected chi connectivity index (χ1v) is 10.4. The van der Waals surface area contributed by atoms with Crippen molar-refractivity contribution in [3.8, 4) is 5.75 Å². The predicted octanol–water partition coefficient (Wildman–Crippen LogP) is 6.07. The molecule has 0 saturated carbocycles. The summed E-state index contributed by atoms with van der Waals surface area (Å²) in [5, 5.41) is 4.67. The van der Waals surface area contributed by atoms with Crippen LogP contribution in [0.2, 0.25) is 10.0 Å². The van der Waals surface area contributed by atoms with Crippen molar-refractivity contribution in [1.82, 2.24) is 4.98 Å². The number of hydrogen-bond acceptors (Lipinski definition) is 4. The molecule has 0 spiro atoms. The summed E-state index contributed by atoms with van der Waals surface area (Å²) < 4.78 is 5.68. The lowest BCUT2D eigenvalue weighted by Crippen LogP contribution is -2.15. The molecule has 0 unspecified atom stereocenters. The molecule has 7 heteroatoms. The molecule has 4 nitrogen and oxygen atoms in total. The van der Waals surface area contributed by atoms with Crippen molar-refractivity contribution in [3.05, 3.63) is 74.2 Å². The number of amides is 1. The number of carbonyl (C=O) groups is 1. The molecule has 0 saturated heterocycles. The molecule has 0 bridgehead atoms. The fourth-order valence-electron chi connectivity index (χ4n) is 2.77. The van der Waals surface area contributed by atoms with E-state index in [0.29, 0.717) is 28.2 Å². The molecule has 1 N–H and O–H groups in total. The SMILES string of the molecule is Cc1cc(C)cc(OCCC(=O)Nc2ncc(Cc3cc(Cl)ccc3Cl)s2)c1. The Hall–Kier alpha value is -2.08. The number of thiazole rings is 1. The summed E-state index contributed by atoms with van der Waals surface area (Å²) in [4.78, 5) is 17.4. The van der Waals surface area contributed by atoms with Gasteiger partial charge in [-0.15, -0.1) is 11.3 Å². The number of halogens is 2. The molecular weight excluding hydrogens is 415 g/mol. The molecule has 146 valence electrons. The first-order valence-electron chi connectivity index (χ1n) is 8.78. The zero-order valence-corrected chi connectivity index (χ0v) is 17.9. The maximum Gasteiger partial charge on any atom is 0.229 e. The fraction of sp³-hybridized carbons (Fsp3) is 0.238. The fourth-order valence-corrected chi connectivity index (χ4v) is 4.00. The minimum atomic E-state index is -0.133. The van der Waals surface area contributed by atoms with Crippen LogP contribution in [0.15, 0.2) is 42.6 Å². The first-order chi connectivity index (χ1) is 13.4. The minimum absolute atomic E-state index is 0.133.